The molecule has 0 fully saturated rings. The van der Waals surface area contributed by atoms with E-state index in [1.165, 1.54) is 11.5 Å². The van der Waals surface area contributed by atoms with Crippen molar-refractivity contribution in [1.29, 1.82) is 0 Å². The van der Waals surface area contributed by atoms with Crippen LogP contribution in [0.15, 0.2) is 0 Å². The molecule has 0 saturated carbocycles. The van der Waals surface area contributed by atoms with Gasteiger partial charge in [-0.3, -0.25) is 0 Å². The van der Waals surface area contributed by atoms with Crippen LogP contribution in [-0.4, -0.2) is 34.2 Å². The van der Waals surface area contributed by atoms with Gasteiger partial charge in [-0.1, -0.05) is 20.8 Å². The Balaban J connectivity index is 2.72. The summed E-state index contributed by atoms with van der Waals surface area (Å²) in [5.74, 6) is 1.27. The van der Waals surface area contributed by atoms with Crippen molar-refractivity contribution < 1.29 is 5.11 Å². The zero-order valence-electron chi connectivity index (χ0n) is 9.60. The van der Waals surface area contributed by atoms with Crippen LogP contribution in [-0.2, 0) is 0 Å². The fourth-order valence-corrected chi connectivity index (χ4v) is 2.14. The minimum absolute atomic E-state index is 0.163. The van der Waals surface area contributed by atoms with E-state index in [4.69, 9.17) is 5.11 Å². The van der Waals surface area contributed by atoms with Crippen molar-refractivity contribution in [2.24, 2.45) is 0 Å². The largest absolute Gasteiger partial charge is 0.395 e. The first-order chi connectivity index (χ1) is 7.19. The van der Waals surface area contributed by atoms with Crippen molar-refractivity contribution in [1.82, 2.24) is 9.36 Å². The number of aliphatic hydroxyl groups excluding tert-OH is 1. The van der Waals surface area contributed by atoms with E-state index in [0.29, 0.717) is 12.5 Å². The second kappa shape index (κ2) is 6.02. The van der Waals surface area contributed by atoms with Crippen LogP contribution >= 0.6 is 11.5 Å². The first kappa shape index (κ1) is 12.4. The Morgan fingerprint density at radius 1 is 1.40 bits per heavy atom. The summed E-state index contributed by atoms with van der Waals surface area (Å²) in [5, 5.41) is 9.88. The highest BCUT2D eigenvalue weighted by molar-refractivity contribution is 7.09. The van der Waals surface area contributed by atoms with Gasteiger partial charge in [0.1, 0.15) is 5.82 Å². The monoisotopic (exact) mass is 229 g/mol. The number of nitrogens with zero attached hydrogens (tertiary/aromatic N) is 3. The Morgan fingerprint density at radius 3 is 2.60 bits per heavy atom. The van der Waals surface area contributed by atoms with Crippen LogP contribution in [0.25, 0.3) is 0 Å². The van der Waals surface area contributed by atoms with Crippen LogP contribution < -0.4 is 4.90 Å². The molecule has 0 bridgehead atoms. The minimum atomic E-state index is 0.163. The molecule has 0 saturated heterocycles. The van der Waals surface area contributed by atoms with E-state index in [-0.39, 0.29) is 6.61 Å². The van der Waals surface area contributed by atoms with Gasteiger partial charge in [-0.05, 0) is 6.42 Å². The predicted octanol–water partition coefficient (Wildman–Crippen LogP) is 1.87. The first-order valence-electron chi connectivity index (χ1n) is 5.38. The minimum Gasteiger partial charge on any atom is -0.395 e. The van der Waals surface area contributed by atoms with Gasteiger partial charge in [-0.2, -0.15) is 4.37 Å². The summed E-state index contributed by atoms with van der Waals surface area (Å²) >= 11 is 1.42. The molecular formula is C10H19N3OS. The van der Waals surface area contributed by atoms with E-state index in [0.717, 1.165) is 23.9 Å². The number of rotatable bonds is 6. The molecular weight excluding hydrogens is 210 g/mol. The fraction of sp³-hybridized carbons (Fsp3) is 0.800. The van der Waals surface area contributed by atoms with Crippen molar-refractivity contribution >= 4 is 16.7 Å². The van der Waals surface area contributed by atoms with Crippen LogP contribution in [0.3, 0.4) is 0 Å². The maximum absolute atomic E-state index is 8.96. The molecule has 4 nitrogen and oxygen atoms in total. The van der Waals surface area contributed by atoms with Gasteiger partial charge in [-0.25, -0.2) is 4.98 Å². The summed E-state index contributed by atoms with van der Waals surface area (Å²) in [6.07, 6.45) is 1.05. The molecule has 0 aliphatic carbocycles. The second-order valence-electron chi connectivity index (χ2n) is 3.80. The van der Waals surface area contributed by atoms with E-state index in [1.54, 1.807) is 0 Å². The molecule has 0 unspecified atom stereocenters. The van der Waals surface area contributed by atoms with Crippen LogP contribution in [0, 0.1) is 0 Å². The summed E-state index contributed by atoms with van der Waals surface area (Å²) in [5.41, 5.74) is 0. The summed E-state index contributed by atoms with van der Waals surface area (Å²) in [7, 11) is 0. The Labute approximate surface area is 95.1 Å². The molecule has 5 heteroatoms. The Hall–Kier alpha value is -0.680. The topological polar surface area (TPSA) is 49.2 Å². The first-order valence-corrected chi connectivity index (χ1v) is 6.15. The van der Waals surface area contributed by atoms with Gasteiger partial charge in [0.15, 0.2) is 0 Å². The molecule has 1 rings (SSSR count). The molecule has 0 amide bonds. The quantitative estimate of drug-likeness (QED) is 0.809. The SMILES string of the molecule is CCCN(CCO)c1nc(C(C)C)ns1. The molecule has 0 aliphatic rings. The molecule has 0 aromatic carbocycles. The average Bonchev–Trinajstić information content (AvgIpc) is 2.66. The molecule has 1 heterocycles. The lowest BCUT2D eigenvalue weighted by molar-refractivity contribution is 0.302. The van der Waals surface area contributed by atoms with Crippen molar-refractivity contribution in [3.05, 3.63) is 5.82 Å². The fourth-order valence-electron chi connectivity index (χ4n) is 1.28. The Kier molecular flexibility index (Phi) is 4.98. The Bertz CT molecular complexity index is 282. The third kappa shape index (κ3) is 3.43. The molecule has 15 heavy (non-hydrogen) atoms. The van der Waals surface area contributed by atoms with E-state index in [9.17, 15) is 0 Å². The van der Waals surface area contributed by atoms with Gasteiger partial charge in [0, 0.05) is 30.5 Å². The molecule has 1 N–H and O–H groups in total. The summed E-state index contributed by atoms with van der Waals surface area (Å²) in [6.45, 7) is 8.02. The number of anilines is 1. The second-order valence-corrected chi connectivity index (χ2v) is 4.53. The zero-order valence-corrected chi connectivity index (χ0v) is 10.4. The van der Waals surface area contributed by atoms with Crippen molar-refractivity contribution in [3.8, 4) is 0 Å². The van der Waals surface area contributed by atoms with Crippen molar-refractivity contribution in [3.63, 3.8) is 0 Å². The maximum Gasteiger partial charge on any atom is 0.205 e. The predicted molar refractivity (Wildman–Crippen MR) is 63.6 cm³/mol. The highest BCUT2D eigenvalue weighted by Crippen LogP contribution is 2.21. The maximum atomic E-state index is 8.96. The van der Waals surface area contributed by atoms with Crippen LogP contribution in [0.5, 0.6) is 0 Å². The van der Waals surface area contributed by atoms with Crippen LogP contribution in [0.2, 0.25) is 0 Å². The molecule has 0 atom stereocenters. The third-order valence-corrected chi connectivity index (χ3v) is 2.87. The number of aromatic nitrogens is 2. The van der Waals surface area contributed by atoms with Crippen molar-refractivity contribution in [2.75, 3.05) is 24.6 Å². The van der Waals surface area contributed by atoms with Gasteiger partial charge < -0.3 is 10.0 Å². The number of aliphatic hydroxyl groups is 1. The van der Waals surface area contributed by atoms with Gasteiger partial charge >= 0.3 is 0 Å². The number of hydrogen-bond donors (Lipinski definition) is 1. The molecule has 0 spiro atoms. The van der Waals surface area contributed by atoms with Crippen LogP contribution in [0.4, 0.5) is 5.13 Å². The third-order valence-electron chi connectivity index (χ3n) is 2.08. The van der Waals surface area contributed by atoms with E-state index >= 15 is 0 Å². The number of hydrogen-bond acceptors (Lipinski definition) is 5. The lowest BCUT2D eigenvalue weighted by atomic mass is 10.2. The molecule has 1 aromatic heterocycles. The molecule has 86 valence electrons. The summed E-state index contributed by atoms with van der Waals surface area (Å²) < 4.78 is 4.31. The van der Waals surface area contributed by atoms with Crippen molar-refractivity contribution in [2.45, 2.75) is 33.1 Å². The smallest absolute Gasteiger partial charge is 0.205 e. The summed E-state index contributed by atoms with van der Waals surface area (Å²) in [6, 6.07) is 0. The lowest BCUT2D eigenvalue weighted by Crippen LogP contribution is -2.27. The van der Waals surface area contributed by atoms with Gasteiger partial charge in [0.25, 0.3) is 0 Å². The highest BCUT2D eigenvalue weighted by atomic mass is 32.1. The molecule has 0 radical (unpaired) electrons. The standard InChI is InChI=1S/C10H19N3OS/c1-4-5-13(6-7-14)10-11-9(8(2)3)12-15-10/h8,14H,4-7H2,1-3H3. The van der Waals surface area contributed by atoms with Gasteiger partial charge in [-0.15, -0.1) is 0 Å². The Morgan fingerprint density at radius 2 is 2.13 bits per heavy atom. The molecule has 0 aliphatic heterocycles. The zero-order chi connectivity index (χ0) is 11.3. The van der Waals surface area contributed by atoms with Crippen LogP contribution in [0.1, 0.15) is 38.9 Å². The average molecular weight is 229 g/mol. The summed E-state index contributed by atoms with van der Waals surface area (Å²) in [4.78, 5) is 6.56. The van der Waals surface area contributed by atoms with Gasteiger partial charge in [0.05, 0.1) is 6.61 Å². The van der Waals surface area contributed by atoms with E-state index in [2.05, 4.69) is 35.0 Å². The van der Waals surface area contributed by atoms with E-state index in [1.807, 2.05) is 0 Å². The normalized spacial score (nSPS) is 11.0. The van der Waals surface area contributed by atoms with E-state index < -0.39 is 0 Å². The highest BCUT2D eigenvalue weighted by Gasteiger charge is 2.12. The lowest BCUT2D eigenvalue weighted by Gasteiger charge is -2.18. The van der Waals surface area contributed by atoms with Gasteiger partial charge in [0.2, 0.25) is 5.13 Å². The molecule has 1 aromatic rings.